The lowest BCUT2D eigenvalue weighted by atomic mass is 9.69. The van der Waals surface area contributed by atoms with Crippen LogP contribution in [0.1, 0.15) is 81.6 Å². The molecule has 1 aromatic heterocycles. The number of ether oxygens (including phenoxy) is 1. The summed E-state index contributed by atoms with van der Waals surface area (Å²) in [6, 6.07) is 13.5. The zero-order valence-corrected chi connectivity index (χ0v) is 21.3. The Bertz CT molecular complexity index is 1160. The Labute approximate surface area is 203 Å². The van der Waals surface area contributed by atoms with E-state index in [2.05, 4.69) is 39.9 Å². The molecule has 0 saturated heterocycles. The third kappa shape index (κ3) is 4.72. The molecule has 1 fully saturated rings. The lowest BCUT2D eigenvalue weighted by Crippen LogP contribution is -2.33. The van der Waals surface area contributed by atoms with Crippen molar-refractivity contribution in [3.8, 4) is 5.75 Å². The van der Waals surface area contributed by atoms with E-state index in [1.54, 1.807) is 7.11 Å². The number of rotatable bonds is 5. The van der Waals surface area contributed by atoms with Crippen LogP contribution in [0.25, 0.3) is 11.0 Å². The number of methoxy groups -OCH3 is 1. The first kappa shape index (κ1) is 24.3. The van der Waals surface area contributed by atoms with E-state index in [1.807, 2.05) is 42.5 Å². The van der Waals surface area contributed by atoms with Crippen molar-refractivity contribution in [2.75, 3.05) is 12.4 Å². The Morgan fingerprint density at radius 2 is 1.82 bits per heavy atom. The number of carbonyl (C=O) groups excluding carboxylic acids is 1. The Balaban J connectivity index is 1.64. The van der Waals surface area contributed by atoms with Gasteiger partial charge in [0.05, 0.1) is 7.11 Å². The van der Waals surface area contributed by atoms with Gasteiger partial charge in [0.1, 0.15) is 0 Å². The van der Waals surface area contributed by atoms with Gasteiger partial charge < -0.3 is 20.2 Å². The van der Waals surface area contributed by atoms with Gasteiger partial charge in [-0.2, -0.15) is 0 Å². The van der Waals surface area contributed by atoms with Crippen LogP contribution in [0.15, 0.2) is 46.9 Å². The van der Waals surface area contributed by atoms with Crippen molar-refractivity contribution >= 4 is 22.6 Å². The number of amides is 1. The van der Waals surface area contributed by atoms with Crippen molar-refractivity contribution in [3.63, 3.8) is 0 Å². The maximum Gasteiger partial charge on any atom is 0.291 e. The van der Waals surface area contributed by atoms with Gasteiger partial charge in [-0.15, -0.1) is 0 Å². The van der Waals surface area contributed by atoms with Gasteiger partial charge >= 0.3 is 0 Å². The van der Waals surface area contributed by atoms with Gasteiger partial charge in [-0.25, -0.2) is 0 Å². The van der Waals surface area contributed by atoms with Crippen molar-refractivity contribution in [1.82, 2.24) is 0 Å². The topological polar surface area (TPSA) is 77.5 Å². The molecule has 3 N–H and O–H groups in total. The molecule has 4 rings (SSSR count). The first-order chi connectivity index (χ1) is 16.1. The van der Waals surface area contributed by atoms with E-state index in [0.29, 0.717) is 29.1 Å². The van der Waals surface area contributed by atoms with E-state index in [-0.39, 0.29) is 23.1 Å². The Morgan fingerprint density at radius 1 is 1.12 bits per heavy atom. The molecule has 4 atom stereocenters. The predicted molar refractivity (Wildman–Crippen MR) is 138 cm³/mol. The maximum atomic E-state index is 13.1. The van der Waals surface area contributed by atoms with Gasteiger partial charge in [-0.05, 0) is 65.0 Å². The molecule has 1 heterocycles. The largest absolute Gasteiger partial charge is 0.493 e. The first-order valence-corrected chi connectivity index (χ1v) is 12.4. The van der Waals surface area contributed by atoms with Crippen LogP contribution in [0.5, 0.6) is 5.75 Å². The number of nitrogens with one attached hydrogen (secondary N) is 1. The first-order valence-electron chi connectivity index (χ1n) is 12.4. The molecule has 0 aliphatic heterocycles. The lowest BCUT2D eigenvalue weighted by Gasteiger charge is -2.38. The van der Waals surface area contributed by atoms with E-state index in [1.165, 1.54) is 18.4 Å². The summed E-state index contributed by atoms with van der Waals surface area (Å²) in [4.78, 5) is 13.1. The summed E-state index contributed by atoms with van der Waals surface area (Å²) in [7, 11) is 1.61. The highest BCUT2D eigenvalue weighted by molar-refractivity contribution is 6.05. The Kier molecular flexibility index (Phi) is 6.77. The minimum Gasteiger partial charge on any atom is -0.493 e. The van der Waals surface area contributed by atoms with Crippen molar-refractivity contribution in [3.05, 3.63) is 59.4 Å². The van der Waals surface area contributed by atoms with Crippen LogP contribution < -0.4 is 15.8 Å². The normalized spacial score (nSPS) is 21.9. The molecule has 1 aliphatic carbocycles. The van der Waals surface area contributed by atoms with Gasteiger partial charge in [-0.1, -0.05) is 65.7 Å². The molecule has 1 amide bonds. The average Bonchev–Trinajstić information content (AvgIpc) is 3.25. The third-order valence-electron chi connectivity index (χ3n) is 7.72. The molecule has 1 saturated carbocycles. The molecule has 34 heavy (non-hydrogen) atoms. The zero-order valence-electron chi connectivity index (χ0n) is 21.3. The number of hydrogen-bond donors (Lipinski definition) is 2. The zero-order chi connectivity index (χ0) is 24.6. The highest BCUT2D eigenvalue weighted by Gasteiger charge is 2.33. The number of anilines is 1. The summed E-state index contributed by atoms with van der Waals surface area (Å²) in [6.07, 6.45) is 3.58. The van der Waals surface area contributed by atoms with E-state index < -0.39 is 0 Å². The maximum absolute atomic E-state index is 13.1. The number of fused-ring (bicyclic) bond motifs is 1. The number of carbonyl (C=O) groups is 1. The molecule has 4 unspecified atom stereocenters. The van der Waals surface area contributed by atoms with E-state index in [0.717, 1.165) is 23.1 Å². The van der Waals surface area contributed by atoms with Crippen molar-refractivity contribution in [1.29, 1.82) is 0 Å². The minimum atomic E-state index is -0.291. The number of nitrogens with two attached hydrogens (primary N) is 1. The fraction of sp³-hybridized carbons (Fsp3) is 0.483. The molecule has 3 aromatic rings. The summed E-state index contributed by atoms with van der Waals surface area (Å²) in [6.45, 7) is 11.1. The molecule has 2 aromatic carbocycles. The monoisotopic (exact) mass is 462 g/mol. The molecule has 5 nitrogen and oxygen atoms in total. The molecule has 5 heteroatoms. The van der Waals surface area contributed by atoms with Crippen LogP contribution >= 0.6 is 0 Å². The molecule has 0 radical (unpaired) electrons. The van der Waals surface area contributed by atoms with Crippen LogP contribution in [0.2, 0.25) is 0 Å². The molecular formula is C29H38N2O3. The Hall–Kier alpha value is -2.79. The van der Waals surface area contributed by atoms with Gasteiger partial charge in [-0.3, -0.25) is 4.79 Å². The van der Waals surface area contributed by atoms with Gasteiger partial charge in [0, 0.05) is 17.1 Å². The summed E-state index contributed by atoms with van der Waals surface area (Å²) in [5.41, 5.74) is 10.4. The van der Waals surface area contributed by atoms with E-state index >= 15 is 0 Å². The standard InChI is InChI=1S/C29H38N2O3/c1-17-8-7-9-21(18(17)2)26(30)22-14-15-24(33-6)27-23(22)16-25(34-27)28(32)31-20-12-10-19(11-13-20)29(3,4)5/h10-18,21,26H,7-9,30H2,1-6H3,(H,31,32). The smallest absolute Gasteiger partial charge is 0.291 e. The van der Waals surface area contributed by atoms with Crippen LogP contribution in [0.4, 0.5) is 5.69 Å². The van der Waals surface area contributed by atoms with Gasteiger partial charge in [0.2, 0.25) is 0 Å². The summed E-state index contributed by atoms with van der Waals surface area (Å²) >= 11 is 0. The minimum absolute atomic E-state index is 0.0562. The van der Waals surface area contributed by atoms with Gasteiger partial charge in [0.25, 0.3) is 5.91 Å². The van der Waals surface area contributed by atoms with Crippen LogP contribution in [0.3, 0.4) is 0 Å². The van der Waals surface area contributed by atoms with Crippen LogP contribution in [-0.2, 0) is 5.41 Å². The fourth-order valence-electron chi connectivity index (χ4n) is 5.29. The Morgan fingerprint density at radius 3 is 2.47 bits per heavy atom. The average molecular weight is 463 g/mol. The highest BCUT2D eigenvalue weighted by atomic mass is 16.5. The second-order valence-corrected chi connectivity index (χ2v) is 10.9. The number of furan rings is 1. The SMILES string of the molecule is COc1ccc(C(N)C2CCCC(C)C2C)c2cc(C(=O)Nc3ccc(C(C)(C)C)cc3)oc12. The predicted octanol–water partition coefficient (Wildman–Crippen LogP) is 7.06. The quantitative estimate of drug-likeness (QED) is 0.425. The second kappa shape index (κ2) is 9.46. The van der Waals surface area contributed by atoms with Crippen molar-refractivity contribution in [2.24, 2.45) is 23.5 Å². The molecule has 0 bridgehead atoms. The lowest BCUT2D eigenvalue weighted by molar-refractivity contribution is 0.0998. The van der Waals surface area contributed by atoms with Crippen LogP contribution in [-0.4, -0.2) is 13.0 Å². The number of hydrogen-bond acceptors (Lipinski definition) is 4. The van der Waals surface area contributed by atoms with E-state index in [4.69, 9.17) is 14.9 Å². The summed E-state index contributed by atoms with van der Waals surface area (Å²) in [5, 5.41) is 3.81. The molecular weight excluding hydrogens is 424 g/mol. The van der Waals surface area contributed by atoms with Gasteiger partial charge in [0.15, 0.2) is 17.1 Å². The second-order valence-electron chi connectivity index (χ2n) is 10.9. The fourth-order valence-corrected chi connectivity index (χ4v) is 5.29. The van der Waals surface area contributed by atoms with E-state index in [9.17, 15) is 4.79 Å². The number of benzene rings is 2. The highest BCUT2D eigenvalue weighted by Crippen LogP contribution is 2.43. The molecule has 182 valence electrons. The summed E-state index contributed by atoms with van der Waals surface area (Å²) < 4.78 is 11.6. The third-order valence-corrected chi connectivity index (χ3v) is 7.72. The summed E-state index contributed by atoms with van der Waals surface area (Å²) in [5.74, 6) is 2.16. The van der Waals surface area contributed by atoms with Crippen molar-refractivity contribution in [2.45, 2.75) is 65.3 Å². The van der Waals surface area contributed by atoms with Crippen LogP contribution in [0, 0.1) is 17.8 Å². The molecule has 0 spiro atoms. The molecule has 1 aliphatic rings. The van der Waals surface area contributed by atoms with Crippen molar-refractivity contribution < 1.29 is 13.9 Å².